The van der Waals surface area contributed by atoms with Crippen molar-refractivity contribution in [3.8, 4) is 6.07 Å². The van der Waals surface area contributed by atoms with E-state index in [9.17, 15) is 9.59 Å². The topological polar surface area (TPSA) is 132 Å². The summed E-state index contributed by atoms with van der Waals surface area (Å²) in [6.07, 6.45) is 7.72. The van der Waals surface area contributed by atoms with Gasteiger partial charge in [-0.15, -0.1) is 0 Å². The first-order valence-electron chi connectivity index (χ1n) is 9.30. The average Bonchev–Trinajstić information content (AvgIpc) is 3.08. The molecule has 1 aliphatic heterocycles. The second kappa shape index (κ2) is 7.31. The van der Waals surface area contributed by atoms with E-state index in [4.69, 9.17) is 11.0 Å². The van der Waals surface area contributed by atoms with Crippen LogP contribution in [0.5, 0.6) is 0 Å². The minimum Gasteiger partial charge on any atom is -0.366 e. The van der Waals surface area contributed by atoms with Crippen LogP contribution in [0, 0.1) is 23.2 Å². The number of nitrogens with zero attached hydrogens (tertiary/aromatic N) is 5. The quantitative estimate of drug-likeness (QED) is 0.750. The van der Waals surface area contributed by atoms with Gasteiger partial charge in [-0.25, -0.2) is 9.97 Å². The van der Waals surface area contributed by atoms with Crippen LogP contribution in [0.3, 0.4) is 0 Å². The summed E-state index contributed by atoms with van der Waals surface area (Å²) in [5.41, 5.74) is 7.21. The van der Waals surface area contributed by atoms with Gasteiger partial charge in [-0.2, -0.15) is 5.26 Å². The number of primary amides is 1. The van der Waals surface area contributed by atoms with E-state index in [1.807, 2.05) is 4.90 Å². The summed E-state index contributed by atoms with van der Waals surface area (Å²) in [6.45, 7) is 2.62. The Morgan fingerprint density at radius 1 is 1.29 bits per heavy atom. The van der Waals surface area contributed by atoms with Gasteiger partial charge in [0.15, 0.2) is 5.65 Å². The van der Waals surface area contributed by atoms with E-state index in [1.165, 1.54) is 6.08 Å². The Morgan fingerprint density at radius 3 is 2.71 bits per heavy atom. The van der Waals surface area contributed by atoms with Crippen LogP contribution in [0.4, 0.5) is 5.82 Å². The molecule has 2 aromatic rings. The molecule has 144 valence electrons. The van der Waals surface area contributed by atoms with Crippen LogP contribution >= 0.6 is 0 Å². The third-order valence-electron chi connectivity index (χ3n) is 5.41. The van der Waals surface area contributed by atoms with Crippen LogP contribution in [0.15, 0.2) is 18.5 Å². The van der Waals surface area contributed by atoms with Crippen LogP contribution < -0.4 is 10.6 Å². The molecule has 28 heavy (non-hydrogen) atoms. The highest BCUT2D eigenvalue weighted by Gasteiger charge is 2.37. The summed E-state index contributed by atoms with van der Waals surface area (Å²) >= 11 is 0. The Morgan fingerprint density at radius 2 is 2.04 bits per heavy atom. The van der Waals surface area contributed by atoms with Gasteiger partial charge in [-0.3, -0.25) is 9.59 Å². The molecule has 0 aromatic carbocycles. The lowest BCUT2D eigenvalue weighted by Crippen LogP contribution is -2.52. The number of rotatable bonds is 4. The van der Waals surface area contributed by atoms with Crippen molar-refractivity contribution in [2.75, 3.05) is 31.1 Å². The van der Waals surface area contributed by atoms with Crippen molar-refractivity contribution in [1.82, 2.24) is 19.9 Å². The summed E-state index contributed by atoms with van der Waals surface area (Å²) in [5, 5.41) is 8.87. The number of amides is 2. The summed E-state index contributed by atoms with van der Waals surface area (Å²) in [7, 11) is 0. The van der Waals surface area contributed by atoms with E-state index in [0.29, 0.717) is 50.2 Å². The second-order valence-corrected chi connectivity index (χ2v) is 7.21. The van der Waals surface area contributed by atoms with Crippen molar-refractivity contribution in [3.05, 3.63) is 24.0 Å². The number of nitrogens with one attached hydrogen (secondary N) is 1. The van der Waals surface area contributed by atoms with Crippen molar-refractivity contribution in [1.29, 1.82) is 5.26 Å². The number of piperazine rings is 1. The van der Waals surface area contributed by atoms with Gasteiger partial charge in [0, 0.05) is 55.9 Å². The molecule has 1 saturated carbocycles. The summed E-state index contributed by atoms with van der Waals surface area (Å²) in [5.74, 6) is 0.424. The van der Waals surface area contributed by atoms with Crippen molar-refractivity contribution in [2.45, 2.75) is 12.8 Å². The molecule has 9 heteroatoms. The van der Waals surface area contributed by atoms with Gasteiger partial charge in [0.25, 0.3) is 0 Å². The molecule has 3 heterocycles. The highest BCUT2D eigenvalue weighted by Crippen LogP contribution is 2.34. The third-order valence-corrected chi connectivity index (χ3v) is 5.41. The van der Waals surface area contributed by atoms with Crippen molar-refractivity contribution >= 4 is 34.9 Å². The van der Waals surface area contributed by atoms with E-state index in [-0.39, 0.29) is 17.7 Å². The Balaban J connectivity index is 1.42. The normalized spacial score (nSPS) is 22.2. The Labute approximate surface area is 161 Å². The zero-order valence-electron chi connectivity index (χ0n) is 15.3. The molecule has 0 unspecified atom stereocenters. The fraction of sp³-hybridized carbons (Fsp3) is 0.421. The molecule has 2 aliphatic rings. The maximum Gasteiger partial charge on any atom is 0.241 e. The summed E-state index contributed by atoms with van der Waals surface area (Å²) in [6, 6.07) is 2.22. The third kappa shape index (κ3) is 3.41. The lowest BCUT2D eigenvalue weighted by molar-refractivity contribution is -0.139. The van der Waals surface area contributed by atoms with Crippen LogP contribution in [-0.2, 0) is 9.59 Å². The molecular formula is C19H21N7O2. The van der Waals surface area contributed by atoms with E-state index in [0.717, 1.165) is 11.4 Å². The molecule has 0 spiro atoms. The maximum absolute atomic E-state index is 12.5. The van der Waals surface area contributed by atoms with Crippen LogP contribution in [-0.4, -0.2) is 57.8 Å². The molecule has 4 rings (SSSR count). The van der Waals surface area contributed by atoms with Gasteiger partial charge in [0.1, 0.15) is 11.3 Å². The molecule has 1 aliphatic carbocycles. The Hall–Kier alpha value is -3.41. The Bertz CT molecular complexity index is 976. The number of aromatic nitrogens is 3. The number of anilines is 1. The number of hydrogen-bond acceptors (Lipinski definition) is 6. The number of H-pyrrole nitrogens is 1. The molecule has 3 N–H and O–H groups in total. The number of fused-ring (bicyclic) bond motifs is 1. The molecule has 2 aromatic heterocycles. The fourth-order valence-electron chi connectivity index (χ4n) is 3.69. The van der Waals surface area contributed by atoms with Gasteiger partial charge in [-0.05, 0) is 18.9 Å². The predicted molar refractivity (Wildman–Crippen MR) is 103 cm³/mol. The number of nitrogens with two attached hydrogens (primary N) is 1. The smallest absolute Gasteiger partial charge is 0.241 e. The van der Waals surface area contributed by atoms with Gasteiger partial charge in [0.2, 0.25) is 11.8 Å². The van der Waals surface area contributed by atoms with Crippen LogP contribution in [0.2, 0.25) is 0 Å². The molecule has 9 nitrogen and oxygen atoms in total. The van der Waals surface area contributed by atoms with Gasteiger partial charge in [-0.1, -0.05) is 0 Å². The predicted octanol–water partition coefficient (Wildman–Crippen LogP) is 0.655. The maximum atomic E-state index is 12.5. The van der Waals surface area contributed by atoms with Crippen molar-refractivity contribution < 1.29 is 9.59 Å². The van der Waals surface area contributed by atoms with Crippen LogP contribution in [0.25, 0.3) is 17.2 Å². The van der Waals surface area contributed by atoms with E-state index < -0.39 is 5.91 Å². The molecule has 2 amide bonds. The van der Waals surface area contributed by atoms with Crippen molar-refractivity contribution in [3.63, 3.8) is 0 Å². The first-order chi connectivity index (χ1) is 13.5. The van der Waals surface area contributed by atoms with Gasteiger partial charge < -0.3 is 20.5 Å². The number of aromatic amines is 1. The SMILES string of the molecule is N#CC1CC(C(=O)N2CCN(c3cnc4[nH]cc(/C=C/C(N)=O)c4n3)CC2)C1. The lowest BCUT2D eigenvalue weighted by Gasteiger charge is -2.39. The highest BCUT2D eigenvalue weighted by atomic mass is 16.2. The number of carbonyl (C=O) groups excluding carboxylic acids is 2. The molecule has 1 saturated heterocycles. The van der Waals surface area contributed by atoms with Crippen LogP contribution in [0.1, 0.15) is 18.4 Å². The van der Waals surface area contributed by atoms with Gasteiger partial charge in [0.05, 0.1) is 12.3 Å². The van der Waals surface area contributed by atoms with Gasteiger partial charge >= 0.3 is 0 Å². The Kier molecular flexibility index (Phi) is 4.69. The second-order valence-electron chi connectivity index (χ2n) is 7.21. The summed E-state index contributed by atoms with van der Waals surface area (Å²) < 4.78 is 0. The van der Waals surface area contributed by atoms with E-state index >= 15 is 0 Å². The number of nitriles is 1. The first-order valence-corrected chi connectivity index (χ1v) is 9.30. The minimum absolute atomic E-state index is 0.00630. The zero-order chi connectivity index (χ0) is 19.7. The molecule has 2 fully saturated rings. The lowest BCUT2D eigenvalue weighted by atomic mass is 9.75. The summed E-state index contributed by atoms with van der Waals surface area (Å²) in [4.78, 5) is 39.6. The molecule has 0 radical (unpaired) electrons. The molecular weight excluding hydrogens is 358 g/mol. The van der Waals surface area contributed by atoms with E-state index in [2.05, 4.69) is 25.9 Å². The minimum atomic E-state index is -0.521. The molecule has 0 bridgehead atoms. The highest BCUT2D eigenvalue weighted by molar-refractivity contribution is 5.93. The number of carbonyl (C=O) groups is 2. The first kappa shape index (κ1) is 18.0. The average molecular weight is 379 g/mol. The molecule has 0 atom stereocenters. The standard InChI is InChI=1S/C19H21N7O2/c20-9-12-7-14(8-12)19(28)26-5-3-25(4-6-26)16-11-23-18-17(24-16)13(10-22-18)1-2-15(21)27/h1-2,10-12,14H,3-8H2,(H2,21,27)(H,22,23)/b2-1+. The monoisotopic (exact) mass is 379 g/mol. The van der Waals surface area contributed by atoms with E-state index in [1.54, 1.807) is 18.5 Å². The number of hydrogen-bond donors (Lipinski definition) is 2. The van der Waals surface area contributed by atoms with Crippen molar-refractivity contribution in [2.24, 2.45) is 17.6 Å². The largest absolute Gasteiger partial charge is 0.366 e. The fourth-order valence-corrected chi connectivity index (χ4v) is 3.69. The zero-order valence-corrected chi connectivity index (χ0v) is 15.3.